The highest BCUT2D eigenvalue weighted by Crippen LogP contribution is 2.27. The third-order valence-corrected chi connectivity index (χ3v) is 3.11. The summed E-state index contributed by atoms with van der Waals surface area (Å²) in [5.74, 6) is -0.956. The fraction of sp³-hybridized carbons (Fsp3) is 0.286. The molecule has 19 heavy (non-hydrogen) atoms. The van der Waals surface area contributed by atoms with E-state index in [1.54, 1.807) is 32.9 Å². The summed E-state index contributed by atoms with van der Waals surface area (Å²) in [7, 11) is 0. The Morgan fingerprint density at radius 3 is 2.68 bits per heavy atom. The summed E-state index contributed by atoms with van der Waals surface area (Å²) in [5.41, 5.74) is 0.802. The maximum atomic E-state index is 13.2. The lowest BCUT2D eigenvalue weighted by molar-refractivity contribution is -0.142. The van der Waals surface area contributed by atoms with E-state index >= 15 is 0 Å². The number of aryl methyl sites for hydroxylation is 1. The minimum absolute atomic E-state index is 0.348. The number of nitrogens with zero attached hydrogens (tertiary/aromatic N) is 1. The summed E-state index contributed by atoms with van der Waals surface area (Å²) >= 11 is 0. The molecule has 0 aliphatic heterocycles. The molecular formula is C14H15FN2O2. The Morgan fingerprint density at radius 1 is 1.42 bits per heavy atom. The van der Waals surface area contributed by atoms with Gasteiger partial charge in [-0.05, 0) is 32.9 Å². The first kappa shape index (κ1) is 13.3. The van der Waals surface area contributed by atoms with Gasteiger partial charge in [0.05, 0.1) is 5.69 Å². The Labute approximate surface area is 110 Å². The number of carboxylic acid groups (broad SMARTS) is 1. The smallest absolute Gasteiger partial charge is 0.316 e. The number of rotatable bonds is 3. The normalized spacial score (nSPS) is 11.6. The van der Waals surface area contributed by atoms with Crippen LogP contribution >= 0.6 is 0 Å². The first-order valence-corrected chi connectivity index (χ1v) is 5.89. The zero-order chi connectivity index (χ0) is 14.2. The summed E-state index contributed by atoms with van der Waals surface area (Å²) in [4.78, 5) is 18.5. The molecule has 1 heterocycles. The third kappa shape index (κ3) is 2.36. The second-order valence-corrected chi connectivity index (χ2v) is 5.00. The number of halogens is 1. The van der Waals surface area contributed by atoms with Crippen molar-refractivity contribution in [3.8, 4) is 11.3 Å². The topological polar surface area (TPSA) is 66.0 Å². The van der Waals surface area contributed by atoms with Crippen LogP contribution in [0.25, 0.3) is 11.3 Å². The third-order valence-electron chi connectivity index (χ3n) is 3.11. The van der Waals surface area contributed by atoms with E-state index in [0.29, 0.717) is 17.1 Å². The summed E-state index contributed by atoms with van der Waals surface area (Å²) in [6.07, 6.45) is 0. The summed E-state index contributed by atoms with van der Waals surface area (Å²) in [5, 5.41) is 9.19. The van der Waals surface area contributed by atoms with Gasteiger partial charge < -0.3 is 10.1 Å². The number of carboxylic acids is 1. The summed E-state index contributed by atoms with van der Waals surface area (Å²) < 4.78 is 13.2. The molecule has 0 fully saturated rings. The van der Waals surface area contributed by atoms with Gasteiger partial charge in [0.2, 0.25) is 0 Å². The van der Waals surface area contributed by atoms with Gasteiger partial charge in [0, 0.05) is 11.3 Å². The van der Waals surface area contributed by atoms with Crippen molar-refractivity contribution in [1.29, 1.82) is 0 Å². The molecule has 4 nitrogen and oxygen atoms in total. The molecule has 2 aromatic rings. The van der Waals surface area contributed by atoms with Crippen molar-refractivity contribution in [3.63, 3.8) is 0 Å². The Morgan fingerprint density at radius 2 is 2.11 bits per heavy atom. The molecule has 1 aromatic heterocycles. The van der Waals surface area contributed by atoms with Gasteiger partial charge in [-0.3, -0.25) is 4.79 Å². The number of benzene rings is 1. The van der Waals surface area contributed by atoms with E-state index in [0.717, 1.165) is 5.69 Å². The lowest BCUT2D eigenvalue weighted by Crippen LogP contribution is -2.29. The Hall–Kier alpha value is -2.17. The van der Waals surface area contributed by atoms with E-state index in [9.17, 15) is 14.3 Å². The number of nitrogens with one attached hydrogen (secondary N) is 1. The number of hydrogen-bond acceptors (Lipinski definition) is 2. The lowest BCUT2D eigenvalue weighted by atomic mass is 9.93. The van der Waals surface area contributed by atoms with Crippen molar-refractivity contribution >= 4 is 5.97 Å². The van der Waals surface area contributed by atoms with Crippen LogP contribution in [0.3, 0.4) is 0 Å². The maximum absolute atomic E-state index is 13.2. The molecule has 0 aliphatic rings. The molecule has 0 bridgehead atoms. The van der Waals surface area contributed by atoms with Crippen molar-refractivity contribution in [2.75, 3.05) is 0 Å². The number of aromatic amines is 1. The molecule has 100 valence electrons. The van der Waals surface area contributed by atoms with E-state index in [1.807, 2.05) is 0 Å². The van der Waals surface area contributed by atoms with E-state index in [-0.39, 0.29) is 5.82 Å². The number of imidazole rings is 1. The molecular weight excluding hydrogens is 247 g/mol. The fourth-order valence-corrected chi connectivity index (χ4v) is 1.77. The van der Waals surface area contributed by atoms with E-state index in [4.69, 9.17) is 0 Å². The zero-order valence-electron chi connectivity index (χ0n) is 11.0. The number of aliphatic carboxylic acids is 1. The van der Waals surface area contributed by atoms with Gasteiger partial charge in [-0.25, -0.2) is 9.37 Å². The van der Waals surface area contributed by atoms with Crippen LogP contribution in [0.5, 0.6) is 0 Å². The fourth-order valence-electron chi connectivity index (χ4n) is 1.77. The highest BCUT2D eigenvalue weighted by Gasteiger charge is 2.33. The molecule has 0 amide bonds. The van der Waals surface area contributed by atoms with Crippen LogP contribution in [0.15, 0.2) is 24.3 Å². The van der Waals surface area contributed by atoms with Crippen molar-refractivity contribution in [2.24, 2.45) is 0 Å². The Balaban J connectivity index is 2.51. The molecule has 2 rings (SSSR count). The van der Waals surface area contributed by atoms with Crippen LogP contribution in [-0.2, 0) is 10.2 Å². The SMILES string of the molecule is Cc1[nH]c(C(C)(C)C(=O)O)nc1-c1cccc(F)c1. The van der Waals surface area contributed by atoms with Gasteiger partial charge in [0.25, 0.3) is 0 Å². The van der Waals surface area contributed by atoms with Gasteiger partial charge in [-0.2, -0.15) is 0 Å². The molecule has 2 N–H and O–H groups in total. The average molecular weight is 262 g/mol. The van der Waals surface area contributed by atoms with Gasteiger partial charge in [0.15, 0.2) is 0 Å². The summed E-state index contributed by atoms with van der Waals surface area (Å²) in [6.45, 7) is 4.93. The van der Waals surface area contributed by atoms with Crippen molar-refractivity contribution in [2.45, 2.75) is 26.2 Å². The molecule has 1 aromatic carbocycles. The van der Waals surface area contributed by atoms with Crippen LogP contribution in [0, 0.1) is 12.7 Å². The lowest BCUT2D eigenvalue weighted by Gasteiger charge is -2.15. The predicted molar refractivity (Wildman–Crippen MR) is 69.4 cm³/mol. The predicted octanol–water partition coefficient (Wildman–Crippen LogP) is 2.89. The first-order valence-electron chi connectivity index (χ1n) is 5.89. The number of carbonyl (C=O) groups is 1. The van der Waals surface area contributed by atoms with Crippen LogP contribution < -0.4 is 0 Å². The van der Waals surface area contributed by atoms with Crippen LogP contribution in [0.1, 0.15) is 25.4 Å². The first-order chi connectivity index (χ1) is 8.82. The molecule has 5 heteroatoms. The molecule has 0 saturated heterocycles. The van der Waals surface area contributed by atoms with Crippen molar-refractivity contribution < 1.29 is 14.3 Å². The van der Waals surface area contributed by atoms with Gasteiger partial charge in [0.1, 0.15) is 17.1 Å². The van der Waals surface area contributed by atoms with Crippen LogP contribution in [-0.4, -0.2) is 21.0 Å². The molecule has 0 aliphatic carbocycles. The second kappa shape index (κ2) is 4.50. The van der Waals surface area contributed by atoms with Crippen molar-refractivity contribution in [1.82, 2.24) is 9.97 Å². The van der Waals surface area contributed by atoms with E-state index < -0.39 is 11.4 Å². The molecule has 0 atom stereocenters. The van der Waals surface area contributed by atoms with Crippen LogP contribution in [0.4, 0.5) is 4.39 Å². The number of hydrogen-bond donors (Lipinski definition) is 2. The Kier molecular flexibility index (Phi) is 3.14. The molecule has 0 unspecified atom stereocenters. The molecule has 0 radical (unpaired) electrons. The van der Waals surface area contributed by atoms with E-state index in [1.165, 1.54) is 12.1 Å². The number of aromatic nitrogens is 2. The number of H-pyrrole nitrogens is 1. The standard InChI is InChI=1S/C14H15FN2O2/c1-8-11(9-5-4-6-10(15)7-9)17-12(16-8)14(2,3)13(18)19/h4-7H,1-3H3,(H,16,17)(H,18,19). The minimum atomic E-state index is -1.11. The van der Waals surface area contributed by atoms with Gasteiger partial charge in [-0.1, -0.05) is 12.1 Å². The average Bonchev–Trinajstić information content (AvgIpc) is 2.71. The Bertz CT molecular complexity index is 632. The van der Waals surface area contributed by atoms with Gasteiger partial charge >= 0.3 is 5.97 Å². The van der Waals surface area contributed by atoms with Gasteiger partial charge in [-0.15, -0.1) is 0 Å². The monoisotopic (exact) mass is 262 g/mol. The highest BCUT2D eigenvalue weighted by molar-refractivity contribution is 5.79. The maximum Gasteiger partial charge on any atom is 0.316 e. The van der Waals surface area contributed by atoms with Crippen molar-refractivity contribution in [3.05, 3.63) is 41.6 Å². The summed E-state index contributed by atoms with van der Waals surface area (Å²) in [6, 6.07) is 6.07. The molecule has 0 spiro atoms. The largest absolute Gasteiger partial charge is 0.481 e. The minimum Gasteiger partial charge on any atom is -0.481 e. The van der Waals surface area contributed by atoms with Crippen LogP contribution in [0.2, 0.25) is 0 Å². The zero-order valence-corrected chi connectivity index (χ0v) is 11.0. The quantitative estimate of drug-likeness (QED) is 0.893. The second-order valence-electron chi connectivity index (χ2n) is 5.00. The van der Waals surface area contributed by atoms with E-state index in [2.05, 4.69) is 9.97 Å². The highest BCUT2D eigenvalue weighted by atomic mass is 19.1. The molecule has 0 saturated carbocycles.